The quantitative estimate of drug-likeness (QED) is 0.906. The number of rotatable bonds is 5. The van der Waals surface area contributed by atoms with E-state index in [0.717, 1.165) is 24.5 Å². The van der Waals surface area contributed by atoms with Gasteiger partial charge in [-0.2, -0.15) is 0 Å². The summed E-state index contributed by atoms with van der Waals surface area (Å²) in [5.41, 5.74) is 8.33. The van der Waals surface area contributed by atoms with Crippen molar-refractivity contribution in [2.45, 2.75) is 33.2 Å². The molecular weight excluding hydrogens is 248 g/mol. The third-order valence-electron chi connectivity index (χ3n) is 3.37. The smallest absolute Gasteiger partial charge is 0.137 e. The van der Waals surface area contributed by atoms with Gasteiger partial charge in [0, 0.05) is 18.7 Å². The summed E-state index contributed by atoms with van der Waals surface area (Å²) in [5, 5.41) is 0. The molecule has 2 N–H and O–H groups in total. The molecule has 0 spiro atoms. The molecule has 0 unspecified atom stereocenters. The maximum Gasteiger partial charge on any atom is 0.137 e. The minimum atomic E-state index is 0.302. The van der Waals surface area contributed by atoms with Crippen molar-refractivity contribution in [3.05, 3.63) is 47.8 Å². The van der Waals surface area contributed by atoms with Gasteiger partial charge in [-0.05, 0) is 18.4 Å². The summed E-state index contributed by atoms with van der Waals surface area (Å²) in [7, 11) is 0. The Morgan fingerprint density at radius 1 is 1.15 bits per heavy atom. The fourth-order valence-corrected chi connectivity index (χ4v) is 2.35. The van der Waals surface area contributed by atoms with E-state index in [9.17, 15) is 0 Å². The Morgan fingerprint density at radius 2 is 1.85 bits per heavy atom. The standard InChI is InChI=1S/C16H22N4/c1-4-20(10-13-8-6-5-7-9-13)16-14(12(2)3)15(17)18-11-19-16/h5-9,11-12H,4,10H2,1-3H3,(H2,17,18,19). The van der Waals surface area contributed by atoms with Crippen molar-refractivity contribution < 1.29 is 0 Å². The van der Waals surface area contributed by atoms with Gasteiger partial charge in [-0.1, -0.05) is 44.2 Å². The Balaban J connectivity index is 2.35. The topological polar surface area (TPSA) is 55.0 Å². The zero-order chi connectivity index (χ0) is 14.5. The molecule has 20 heavy (non-hydrogen) atoms. The highest BCUT2D eigenvalue weighted by atomic mass is 15.2. The minimum Gasteiger partial charge on any atom is -0.383 e. The van der Waals surface area contributed by atoms with Crippen molar-refractivity contribution in [2.24, 2.45) is 0 Å². The lowest BCUT2D eigenvalue weighted by molar-refractivity contribution is 0.773. The van der Waals surface area contributed by atoms with Crippen LogP contribution in [0.1, 0.15) is 37.8 Å². The van der Waals surface area contributed by atoms with Crippen molar-refractivity contribution in [1.82, 2.24) is 9.97 Å². The zero-order valence-electron chi connectivity index (χ0n) is 12.4. The predicted molar refractivity (Wildman–Crippen MR) is 83.7 cm³/mol. The van der Waals surface area contributed by atoms with Crippen LogP contribution in [-0.4, -0.2) is 16.5 Å². The zero-order valence-corrected chi connectivity index (χ0v) is 12.4. The van der Waals surface area contributed by atoms with Gasteiger partial charge in [0.2, 0.25) is 0 Å². The van der Waals surface area contributed by atoms with Crippen LogP contribution in [0.15, 0.2) is 36.7 Å². The van der Waals surface area contributed by atoms with Crippen molar-refractivity contribution >= 4 is 11.6 Å². The largest absolute Gasteiger partial charge is 0.383 e. The number of hydrogen-bond donors (Lipinski definition) is 1. The first-order valence-corrected chi connectivity index (χ1v) is 7.02. The average Bonchev–Trinajstić information content (AvgIpc) is 2.45. The summed E-state index contributed by atoms with van der Waals surface area (Å²) in [5.74, 6) is 1.83. The molecule has 4 nitrogen and oxygen atoms in total. The third kappa shape index (κ3) is 3.07. The maximum atomic E-state index is 6.03. The van der Waals surface area contributed by atoms with Gasteiger partial charge in [0.25, 0.3) is 0 Å². The van der Waals surface area contributed by atoms with Crippen LogP contribution in [0.25, 0.3) is 0 Å². The summed E-state index contributed by atoms with van der Waals surface area (Å²) >= 11 is 0. The second kappa shape index (κ2) is 6.37. The predicted octanol–water partition coefficient (Wildman–Crippen LogP) is 3.21. The number of nitrogens with two attached hydrogens (primary N) is 1. The molecule has 0 saturated heterocycles. The lowest BCUT2D eigenvalue weighted by Crippen LogP contribution is -2.25. The van der Waals surface area contributed by atoms with Gasteiger partial charge >= 0.3 is 0 Å². The van der Waals surface area contributed by atoms with E-state index < -0.39 is 0 Å². The molecular formula is C16H22N4. The molecule has 1 aromatic carbocycles. The monoisotopic (exact) mass is 270 g/mol. The molecule has 0 fully saturated rings. The Hall–Kier alpha value is -2.10. The van der Waals surface area contributed by atoms with Crippen LogP contribution in [0.3, 0.4) is 0 Å². The fraction of sp³-hybridized carbons (Fsp3) is 0.375. The number of nitrogen functional groups attached to an aromatic ring is 1. The van der Waals surface area contributed by atoms with Crippen LogP contribution in [0, 0.1) is 0 Å². The summed E-state index contributed by atoms with van der Waals surface area (Å²) < 4.78 is 0. The first-order valence-electron chi connectivity index (χ1n) is 7.02. The molecule has 4 heteroatoms. The molecule has 0 atom stereocenters. The van der Waals surface area contributed by atoms with Crippen molar-refractivity contribution in [3.63, 3.8) is 0 Å². The fourth-order valence-electron chi connectivity index (χ4n) is 2.35. The lowest BCUT2D eigenvalue weighted by Gasteiger charge is -2.26. The van der Waals surface area contributed by atoms with E-state index in [1.54, 1.807) is 6.33 Å². The molecule has 106 valence electrons. The minimum absolute atomic E-state index is 0.302. The molecule has 0 aliphatic heterocycles. The second-order valence-electron chi connectivity index (χ2n) is 5.15. The molecule has 0 radical (unpaired) electrons. The van der Waals surface area contributed by atoms with Gasteiger partial charge in [0.05, 0.1) is 0 Å². The Morgan fingerprint density at radius 3 is 2.45 bits per heavy atom. The first kappa shape index (κ1) is 14.3. The number of benzene rings is 1. The summed E-state index contributed by atoms with van der Waals surface area (Å²) in [6.07, 6.45) is 1.55. The van der Waals surface area contributed by atoms with Crippen LogP contribution >= 0.6 is 0 Å². The van der Waals surface area contributed by atoms with E-state index in [1.807, 2.05) is 6.07 Å². The molecule has 2 rings (SSSR count). The van der Waals surface area contributed by atoms with Crippen LogP contribution < -0.4 is 10.6 Å². The number of aromatic nitrogens is 2. The highest BCUT2D eigenvalue weighted by Gasteiger charge is 2.17. The molecule has 0 bridgehead atoms. The van der Waals surface area contributed by atoms with Crippen molar-refractivity contribution in [2.75, 3.05) is 17.2 Å². The normalized spacial score (nSPS) is 10.8. The lowest BCUT2D eigenvalue weighted by atomic mass is 10.0. The van der Waals surface area contributed by atoms with Crippen LogP contribution in [0.2, 0.25) is 0 Å². The van der Waals surface area contributed by atoms with Crippen LogP contribution in [0.4, 0.5) is 11.6 Å². The summed E-state index contributed by atoms with van der Waals surface area (Å²) in [6, 6.07) is 10.4. The Labute approximate surface area is 120 Å². The van der Waals surface area contributed by atoms with Crippen LogP contribution in [0.5, 0.6) is 0 Å². The SMILES string of the molecule is CCN(Cc1ccccc1)c1ncnc(N)c1C(C)C. The third-order valence-corrected chi connectivity index (χ3v) is 3.37. The van der Waals surface area contributed by atoms with Gasteiger partial charge < -0.3 is 10.6 Å². The van der Waals surface area contributed by atoms with E-state index in [0.29, 0.717) is 11.7 Å². The number of hydrogen-bond acceptors (Lipinski definition) is 4. The van der Waals surface area contributed by atoms with E-state index >= 15 is 0 Å². The van der Waals surface area contributed by atoms with E-state index in [1.165, 1.54) is 5.56 Å². The van der Waals surface area contributed by atoms with Gasteiger partial charge in [0.15, 0.2) is 0 Å². The molecule has 1 heterocycles. The van der Waals surface area contributed by atoms with E-state index in [2.05, 4.69) is 59.9 Å². The highest BCUT2D eigenvalue weighted by Crippen LogP contribution is 2.29. The number of nitrogens with zero attached hydrogens (tertiary/aromatic N) is 3. The maximum absolute atomic E-state index is 6.03. The second-order valence-corrected chi connectivity index (χ2v) is 5.15. The molecule has 0 aliphatic carbocycles. The summed E-state index contributed by atoms with van der Waals surface area (Å²) in [6.45, 7) is 8.08. The molecule has 0 saturated carbocycles. The molecule has 0 amide bonds. The molecule has 2 aromatic rings. The van der Waals surface area contributed by atoms with Crippen molar-refractivity contribution in [3.8, 4) is 0 Å². The van der Waals surface area contributed by atoms with E-state index in [4.69, 9.17) is 5.73 Å². The highest BCUT2D eigenvalue weighted by molar-refractivity contribution is 5.58. The molecule has 0 aliphatic rings. The van der Waals surface area contributed by atoms with Crippen LogP contribution in [-0.2, 0) is 6.54 Å². The van der Waals surface area contributed by atoms with Gasteiger partial charge in [0.1, 0.15) is 18.0 Å². The van der Waals surface area contributed by atoms with Crippen molar-refractivity contribution in [1.29, 1.82) is 0 Å². The first-order chi connectivity index (χ1) is 9.63. The van der Waals surface area contributed by atoms with Gasteiger partial charge in [-0.15, -0.1) is 0 Å². The van der Waals surface area contributed by atoms with Gasteiger partial charge in [-0.25, -0.2) is 9.97 Å². The molecule has 1 aromatic heterocycles. The Kier molecular flexibility index (Phi) is 4.56. The number of anilines is 2. The van der Waals surface area contributed by atoms with Gasteiger partial charge in [-0.3, -0.25) is 0 Å². The summed E-state index contributed by atoms with van der Waals surface area (Å²) in [4.78, 5) is 10.8. The Bertz CT molecular complexity index is 552. The van der Waals surface area contributed by atoms with E-state index in [-0.39, 0.29) is 0 Å². The average molecular weight is 270 g/mol.